The van der Waals surface area contributed by atoms with Crippen LogP contribution in [-0.2, 0) is 4.79 Å². The minimum absolute atomic E-state index is 0.0379. The Hall–Kier alpha value is -2.69. The molecule has 5 nitrogen and oxygen atoms in total. The number of hydrogen-bond acceptors (Lipinski definition) is 4. The molecule has 0 saturated carbocycles. The summed E-state index contributed by atoms with van der Waals surface area (Å²) in [4.78, 5) is 16.7. The molecule has 3 rings (SSSR count). The number of methoxy groups -OCH3 is 1. The fourth-order valence-electron chi connectivity index (χ4n) is 3.64. The first kappa shape index (κ1) is 20.1. The van der Waals surface area contributed by atoms with Gasteiger partial charge in [0.25, 0.3) is 5.91 Å². The number of piperazine rings is 1. The van der Waals surface area contributed by atoms with E-state index in [1.165, 1.54) is 11.1 Å². The summed E-state index contributed by atoms with van der Waals surface area (Å²) < 4.78 is 11.1. The van der Waals surface area contributed by atoms with E-state index < -0.39 is 0 Å². The molecule has 1 aliphatic rings. The molecule has 150 valence electrons. The lowest BCUT2D eigenvalue weighted by molar-refractivity contribution is -0.133. The van der Waals surface area contributed by atoms with Crippen molar-refractivity contribution in [2.24, 2.45) is 0 Å². The molecule has 1 fully saturated rings. The molecule has 0 spiro atoms. The van der Waals surface area contributed by atoms with Gasteiger partial charge in [-0.25, -0.2) is 0 Å². The number of carbonyl (C=O) groups is 1. The van der Waals surface area contributed by atoms with Gasteiger partial charge in [0.05, 0.1) is 7.11 Å². The number of hydrogen-bond donors (Lipinski definition) is 0. The Morgan fingerprint density at radius 3 is 2.43 bits per heavy atom. The summed E-state index contributed by atoms with van der Waals surface area (Å²) in [6, 6.07) is 14.1. The molecule has 1 amide bonds. The number of nitrogens with zero attached hydrogens (tertiary/aromatic N) is 2. The second-order valence-corrected chi connectivity index (χ2v) is 7.53. The van der Waals surface area contributed by atoms with E-state index >= 15 is 0 Å². The van der Waals surface area contributed by atoms with Crippen LogP contribution in [0.1, 0.15) is 30.9 Å². The smallest absolute Gasteiger partial charge is 0.260 e. The van der Waals surface area contributed by atoms with Crippen LogP contribution in [0.3, 0.4) is 0 Å². The topological polar surface area (TPSA) is 42.0 Å². The lowest BCUT2D eigenvalue weighted by Gasteiger charge is -2.36. The molecule has 2 aromatic carbocycles. The molecular weight excluding hydrogens is 352 g/mol. The molecule has 0 aromatic heterocycles. The van der Waals surface area contributed by atoms with Crippen LogP contribution >= 0.6 is 0 Å². The number of amides is 1. The van der Waals surface area contributed by atoms with Gasteiger partial charge in [0, 0.05) is 37.9 Å². The van der Waals surface area contributed by atoms with Crippen molar-refractivity contribution in [1.29, 1.82) is 0 Å². The van der Waals surface area contributed by atoms with Crippen molar-refractivity contribution in [2.45, 2.75) is 26.7 Å². The van der Waals surface area contributed by atoms with Gasteiger partial charge >= 0.3 is 0 Å². The molecular formula is C23H30N2O3. The van der Waals surface area contributed by atoms with Gasteiger partial charge in [-0.2, -0.15) is 0 Å². The van der Waals surface area contributed by atoms with E-state index in [0.717, 1.165) is 30.3 Å². The van der Waals surface area contributed by atoms with Crippen molar-refractivity contribution >= 4 is 11.6 Å². The first-order valence-corrected chi connectivity index (χ1v) is 9.88. The Balaban J connectivity index is 1.50. The third-order valence-corrected chi connectivity index (χ3v) is 5.28. The number of rotatable bonds is 6. The monoisotopic (exact) mass is 382 g/mol. The fourth-order valence-corrected chi connectivity index (χ4v) is 3.64. The number of carbonyl (C=O) groups excluding carboxylic acids is 1. The zero-order chi connectivity index (χ0) is 20.1. The standard InChI is InChI=1S/C23H30N2O3/c1-17(2)22-9-8-21(14-18(22)3)28-16-23(26)25-12-10-24(11-13-25)19-6-5-7-20(15-19)27-4/h5-9,14-15,17H,10-13,16H2,1-4H3. The molecule has 1 aliphatic heterocycles. The zero-order valence-corrected chi connectivity index (χ0v) is 17.3. The molecule has 28 heavy (non-hydrogen) atoms. The van der Waals surface area contributed by atoms with Crippen LogP contribution in [0.25, 0.3) is 0 Å². The zero-order valence-electron chi connectivity index (χ0n) is 17.3. The highest BCUT2D eigenvalue weighted by molar-refractivity contribution is 5.78. The van der Waals surface area contributed by atoms with Crippen LogP contribution in [0.5, 0.6) is 11.5 Å². The van der Waals surface area contributed by atoms with Gasteiger partial charge in [-0.05, 0) is 48.2 Å². The summed E-state index contributed by atoms with van der Waals surface area (Å²) in [6.07, 6.45) is 0. The first-order chi connectivity index (χ1) is 13.5. The van der Waals surface area contributed by atoms with E-state index in [1.54, 1.807) is 7.11 Å². The molecule has 1 saturated heterocycles. The van der Waals surface area contributed by atoms with Crippen LogP contribution in [0.15, 0.2) is 42.5 Å². The summed E-state index contributed by atoms with van der Waals surface area (Å²) in [6.45, 7) is 9.54. The second kappa shape index (κ2) is 9.00. The molecule has 1 heterocycles. The van der Waals surface area contributed by atoms with Crippen molar-refractivity contribution in [1.82, 2.24) is 4.90 Å². The largest absolute Gasteiger partial charge is 0.497 e. The van der Waals surface area contributed by atoms with E-state index in [0.29, 0.717) is 19.0 Å². The number of ether oxygens (including phenoxy) is 2. The first-order valence-electron chi connectivity index (χ1n) is 9.88. The Bertz CT molecular complexity index is 811. The van der Waals surface area contributed by atoms with Crippen LogP contribution < -0.4 is 14.4 Å². The highest BCUT2D eigenvalue weighted by atomic mass is 16.5. The molecule has 0 unspecified atom stereocenters. The average Bonchev–Trinajstić information content (AvgIpc) is 2.72. The Morgan fingerprint density at radius 1 is 1.04 bits per heavy atom. The van der Waals surface area contributed by atoms with Gasteiger partial charge in [0.1, 0.15) is 11.5 Å². The summed E-state index contributed by atoms with van der Waals surface area (Å²) >= 11 is 0. The van der Waals surface area contributed by atoms with Crippen LogP contribution in [0.4, 0.5) is 5.69 Å². The van der Waals surface area contributed by atoms with Crippen molar-refractivity contribution in [3.05, 3.63) is 53.6 Å². The maximum absolute atomic E-state index is 12.5. The average molecular weight is 383 g/mol. The van der Waals surface area contributed by atoms with Gasteiger partial charge in [-0.3, -0.25) is 4.79 Å². The van der Waals surface area contributed by atoms with E-state index in [4.69, 9.17) is 9.47 Å². The number of anilines is 1. The van der Waals surface area contributed by atoms with Crippen LogP contribution in [-0.4, -0.2) is 50.7 Å². The van der Waals surface area contributed by atoms with E-state index in [-0.39, 0.29) is 12.5 Å². The maximum atomic E-state index is 12.5. The third kappa shape index (κ3) is 4.77. The predicted molar refractivity (Wildman–Crippen MR) is 113 cm³/mol. The van der Waals surface area contributed by atoms with E-state index in [1.807, 2.05) is 35.2 Å². The Morgan fingerprint density at radius 2 is 1.79 bits per heavy atom. The predicted octanol–water partition coefficient (Wildman–Crippen LogP) is 3.85. The van der Waals surface area contributed by atoms with Gasteiger partial charge in [0.2, 0.25) is 0 Å². The Labute approximate surface area is 167 Å². The summed E-state index contributed by atoms with van der Waals surface area (Å²) in [5.41, 5.74) is 3.64. The summed E-state index contributed by atoms with van der Waals surface area (Å²) in [7, 11) is 1.67. The normalized spacial score (nSPS) is 14.3. The van der Waals surface area contributed by atoms with Crippen LogP contribution in [0, 0.1) is 6.92 Å². The molecule has 0 radical (unpaired) electrons. The van der Waals surface area contributed by atoms with Crippen LogP contribution in [0.2, 0.25) is 0 Å². The molecule has 5 heteroatoms. The molecule has 2 aromatic rings. The Kier molecular flexibility index (Phi) is 6.45. The highest BCUT2D eigenvalue weighted by Gasteiger charge is 2.22. The molecule has 0 atom stereocenters. The lowest BCUT2D eigenvalue weighted by atomic mass is 9.98. The maximum Gasteiger partial charge on any atom is 0.260 e. The minimum atomic E-state index is 0.0379. The quantitative estimate of drug-likeness (QED) is 0.761. The lowest BCUT2D eigenvalue weighted by Crippen LogP contribution is -2.50. The third-order valence-electron chi connectivity index (χ3n) is 5.28. The summed E-state index contributed by atoms with van der Waals surface area (Å²) in [5.74, 6) is 2.13. The minimum Gasteiger partial charge on any atom is -0.497 e. The van der Waals surface area contributed by atoms with E-state index in [9.17, 15) is 4.79 Å². The number of benzene rings is 2. The van der Waals surface area contributed by atoms with Gasteiger partial charge in [-0.15, -0.1) is 0 Å². The number of aryl methyl sites for hydroxylation is 1. The second-order valence-electron chi connectivity index (χ2n) is 7.53. The van der Waals surface area contributed by atoms with E-state index in [2.05, 4.69) is 37.8 Å². The summed E-state index contributed by atoms with van der Waals surface area (Å²) in [5, 5.41) is 0. The van der Waals surface area contributed by atoms with Crippen molar-refractivity contribution in [3.8, 4) is 11.5 Å². The van der Waals surface area contributed by atoms with Gasteiger partial charge in [0.15, 0.2) is 6.61 Å². The fraction of sp³-hybridized carbons (Fsp3) is 0.435. The van der Waals surface area contributed by atoms with Gasteiger partial charge < -0.3 is 19.3 Å². The van der Waals surface area contributed by atoms with Crippen molar-refractivity contribution in [3.63, 3.8) is 0 Å². The molecule has 0 N–H and O–H groups in total. The highest BCUT2D eigenvalue weighted by Crippen LogP contribution is 2.24. The van der Waals surface area contributed by atoms with Crippen molar-refractivity contribution in [2.75, 3.05) is 44.8 Å². The SMILES string of the molecule is COc1cccc(N2CCN(C(=O)COc3ccc(C(C)C)c(C)c3)CC2)c1. The molecule has 0 bridgehead atoms. The van der Waals surface area contributed by atoms with Gasteiger partial charge in [-0.1, -0.05) is 26.0 Å². The van der Waals surface area contributed by atoms with Crippen molar-refractivity contribution < 1.29 is 14.3 Å². The molecule has 0 aliphatic carbocycles.